The summed E-state index contributed by atoms with van der Waals surface area (Å²) in [7, 11) is 0. The van der Waals surface area contributed by atoms with Crippen molar-refractivity contribution < 1.29 is 4.39 Å². The summed E-state index contributed by atoms with van der Waals surface area (Å²) in [5.74, 6) is 0.555. The molecule has 1 fully saturated rings. The maximum atomic E-state index is 13.3. The van der Waals surface area contributed by atoms with Crippen LogP contribution in [0.15, 0.2) is 30.6 Å². The second-order valence-corrected chi connectivity index (χ2v) is 6.02. The lowest BCUT2D eigenvalue weighted by Crippen LogP contribution is -2.33. The van der Waals surface area contributed by atoms with Crippen molar-refractivity contribution in [2.45, 2.75) is 37.8 Å². The molecular formula is C16H18FN5. The number of halogens is 1. The zero-order valence-corrected chi connectivity index (χ0v) is 12.2. The number of hydrogen-bond acceptors (Lipinski definition) is 4. The SMILES string of the molecule is NC1CCC(Nc2cc3c4ccc(F)cc4nn3cn2)CC1. The van der Waals surface area contributed by atoms with E-state index in [1.54, 1.807) is 16.9 Å². The summed E-state index contributed by atoms with van der Waals surface area (Å²) in [5.41, 5.74) is 7.51. The van der Waals surface area contributed by atoms with E-state index in [1.165, 1.54) is 12.1 Å². The van der Waals surface area contributed by atoms with Crippen molar-refractivity contribution >= 4 is 22.2 Å². The van der Waals surface area contributed by atoms with Crippen molar-refractivity contribution in [1.29, 1.82) is 0 Å². The van der Waals surface area contributed by atoms with E-state index in [9.17, 15) is 4.39 Å². The highest BCUT2D eigenvalue weighted by Gasteiger charge is 2.18. The molecule has 0 amide bonds. The zero-order chi connectivity index (χ0) is 15.1. The van der Waals surface area contributed by atoms with E-state index < -0.39 is 0 Å². The molecule has 1 aliphatic carbocycles. The largest absolute Gasteiger partial charge is 0.367 e. The average Bonchev–Trinajstić information content (AvgIpc) is 2.86. The third-order valence-electron chi connectivity index (χ3n) is 4.40. The van der Waals surface area contributed by atoms with Gasteiger partial charge < -0.3 is 11.1 Å². The van der Waals surface area contributed by atoms with E-state index in [4.69, 9.17) is 5.73 Å². The Labute approximate surface area is 127 Å². The molecule has 1 aliphatic rings. The number of rotatable bonds is 2. The first-order valence-electron chi connectivity index (χ1n) is 7.65. The smallest absolute Gasteiger partial charge is 0.130 e. The molecule has 2 aromatic heterocycles. The lowest BCUT2D eigenvalue weighted by atomic mass is 9.92. The molecule has 5 nitrogen and oxygen atoms in total. The van der Waals surface area contributed by atoms with Crippen LogP contribution in [-0.2, 0) is 0 Å². The number of aromatic nitrogens is 3. The molecule has 114 valence electrons. The van der Waals surface area contributed by atoms with Crippen LogP contribution in [0.4, 0.5) is 10.2 Å². The number of fused-ring (bicyclic) bond motifs is 3. The molecule has 1 saturated carbocycles. The van der Waals surface area contributed by atoms with E-state index in [1.807, 2.05) is 6.07 Å². The van der Waals surface area contributed by atoms with Crippen molar-refractivity contribution in [3.63, 3.8) is 0 Å². The molecule has 3 aromatic rings. The van der Waals surface area contributed by atoms with Crippen molar-refractivity contribution in [1.82, 2.24) is 14.6 Å². The summed E-state index contributed by atoms with van der Waals surface area (Å²) < 4.78 is 15.0. The molecule has 6 heteroatoms. The molecule has 0 spiro atoms. The van der Waals surface area contributed by atoms with E-state index in [-0.39, 0.29) is 5.82 Å². The van der Waals surface area contributed by atoms with Gasteiger partial charge in [-0.25, -0.2) is 13.9 Å². The average molecular weight is 299 g/mol. The van der Waals surface area contributed by atoms with E-state index in [0.717, 1.165) is 42.4 Å². The fourth-order valence-electron chi connectivity index (χ4n) is 3.16. The fraction of sp³-hybridized carbons (Fsp3) is 0.375. The molecule has 0 bridgehead atoms. The number of nitrogens with one attached hydrogen (secondary N) is 1. The van der Waals surface area contributed by atoms with Crippen molar-refractivity contribution in [2.24, 2.45) is 5.73 Å². The van der Waals surface area contributed by atoms with Gasteiger partial charge in [-0.1, -0.05) is 0 Å². The Morgan fingerprint density at radius 2 is 2.00 bits per heavy atom. The van der Waals surface area contributed by atoms with Gasteiger partial charge in [0.1, 0.15) is 18.0 Å². The summed E-state index contributed by atoms with van der Waals surface area (Å²) >= 11 is 0. The van der Waals surface area contributed by atoms with E-state index >= 15 is 0 Å². The first kappa shape index (κ1) is 13.5. The van der Waals surface area contributed by atoms with Crippen LogP contribution >= 0.6 is 0 Å². The van der Waals surface area contributed by atoms with Crippen LogP contribution in [0.25, 0.3) is 16.4 Å². The van der Waals surface area contributed by atoms with Crippen LogP contribution in [0, 0.1) is 5.82 Å². The molecular weight excluding hydrogens is 281 g/mol. The molecule has 1 aromatic carbocycles. The first-order chi connectivity index (χ1) is 10.7. The lowest BCUT2D eigenvalue weighted by molar-refractivity contribution is 0.410. The molecule has 0 radical (unpaired) electrons. The lowest BCUT2D eigenvalue weighted by Gasteiger charge is -2.27. The second-order valence-electron chi connectivity index (χ2n) is 6.02. The van der Waals surface area contributed by atoms with Gasteiger partial charge in [0.25, 0.3) is 0 Å². The molecule has 0 aliphatic heterocycles. The summed E-state index contributed by atoms with van der Waals surface area (Å²) in [4.78, 5) is 4.40. The number of anilines is 1. The van der Waals surface area contributed by atoms with Crippen LogP contribution in [0.1, 0.15) is 25.7 Å². The van der Waals surface area contributed by atoms with E-state index in [2.05, 4.69) is 15.4 Å². The predicted molar refractivity (Wildman–Crippen MR) is 84.3 cm³/mol. The Hall–Kier alpha value is -2.21. The van der Waals surface area contributed by atoms with Crippen LogP contribution < -0.4 is 11.1 Å². The molecule has 0 atom stereocenters. The standard InChI is InChI=1S/C16H18FN5/c17-10-1-6-13-14(7-10)21-22-9-19-16(8-15(13)22)20-12-4-2-11(18)3-5-12/h1,6-9,11-12,20H,2-5,18H2. The van der Waals surface area contributed by atoms with Crippen LogP contribution in [0.2, 0.25) is 0 Å². The van der Waals surface area contributed by atoms with Crippen molar-refractivity contribution in [2.75, 3.05) is 5.32 Å². The zero-order valence-electron chi connectivity index (χ0n) is 12.2. The summed E-state index contributed by atoms with van der Waals surface area (Å²) in [6, 6.07) is 7.39. The molecule has 0 saturated heterocycles. The molecule has 3 N–H and O–H groups in total. The Morgan fingerprint density at radius 1 is 1.18 bits per heavy atom. The quantitative estimate of drug-likeness (QED) is 0.763. The minimum Gasteiger partial charge on any atom is -0.367 e. The summed E-state index contributed by atoms with van der Waals surface area (Å²) in [6.07, 6.45) is 5.91. The van der Waals surface area contributed by atoms with Crippen molar-refractivity contribution in [3.8, 4) is 0 Å². The summed E-state index contributed by atoms with van der Waals surface area (Å²) in [6.45, 7) is 0. The van der Waals surface area contributed by atoms with Gasteiger partial charge >= 0.3 is 0 Å². The third kappa shape index (κ3) is 2.39. The van der Waals surface area contributed by atoms with Gasteiger partial charge in [-0.2, -0.15) is 5.10 Å². The Morgan fingerprint density at radius 3 is 2.82 bits per heavy atom. The molecule has 2 heterocycles. The highest BCUT2D eigenvalue weighted by Crippen LogP contribution is 2.24. The number of benzene rings is 1. The maximum absolute atomic E-state index is 13.3. The predicted octanol–water partition coefficient (Wildman–Crippen LogP) is 2.70. The molecule has 0 unspecified atom stereocenters. The third-order valence-corrected chi connectivity index (χ3v) is 4.40. The Kier molecular flexibility index (Phi) is 3.18. The topological polar surface area (TPSA) is 68.2 Å². The van der Waals surface area contributed by atoms with Gasteiger partial charge in [0, 0.05) is 29.6 Å². The van der Waals surface area contributed by atoms with Gasteiger partial charge in [-0.15, -0.1) is 0 Å². The monoisotopic (exact) mass is 299 g/mol. The number of nitrogens with zero attached hydrogens (tertiary/aromatic N) is 3. The van der Waals surface area contributed by atoms with Gasteiger partial charge in [0.15, 0.2) is 0 Å². The molecule has 4 rings (SSSR count). The van der Waals surface area contributed by atoms with Gasteiger partial charge in [-0.3, -0.25) is 0 Å². The highest BCUT2D eigenvalue weighted by molar-refractivity contribution is 5.94. The Bertz CT molecular complexity index is 820. The fourth-order valence-corrected chi connectivity index (χ4v) is 3.16. The summed E-state index contributed by atoms with van der Waals surface area (Å²) in [5, 5.41) is 8.75. The highest BCUT2D eigenvalue weighted by atomic mass is 19.1. The molecule has 22 heavy (non-hydrogen) atoms. The maximum Gasteiger partial charge on any atom is 0.130 e. The number of hydrogen-bond donors (Lipinski definition) is 2. The first-order valence-corrected chi connectivity index (χ1v) is 7.65. The van der Waals surface area contributed by atoms with Crippen LogP contribution in [-0.4, -0.2) is 26.7 Å². The van der Waals surface area contributed by atoms with Crippen molar-refractivity contribution in [3.05, 3.63) is 36.4 Å². The number of nitrogens with two attached hydrogens (primary N) is 1. The normalized spacial score (nSPS) is 22.3. The van der Waals surface area contributed by atoms with Crippen LogP contribution in [0.3, 0.4) is 0 Å². The Balaban J connectivity index is 1.66. The van der Waals surface area contributed by atoms with Gasteiger partial charge in [0.05, 0.1) is 11.0 Å². The van der Waals surface area contributed by atoms with Crippen LogP contribution in [0.5, 0.6) is 0 Å². The minimum absolute atomic E-state index is 0.277. The van der Waals surface area contributed by atoms with E-state index in [0.29, 0.717) is 17.6 Å². The minimum atomic E-state index is -0.277. The second kappa shape index (κ2) is 5.21. The van der Waals surface area contributed by atoms with Gasteiger partial charge in [0.2, 0.25) is 0 Å². The van der Waals surface area contributed by atoms with Gasteiger partial charge in [-0.05, 0) is 37.8 Å².